The molecular weight excluding hydrogens is 334 g/mol. The Morgan fingerprint density at radius 2 is 1.74 bits per heavy atom. The van der Waals surface area contributed by atoms with E-state index < -0.39 is 0 Å². The van der Waals surface area contributed by atoms with Gasteiger partial charge in [-0.05, 0) is 44.8 Å². The minimum Gasteiger partial charge on any atom is -0.304 e. The van der Waals surface area contributed by atoms with Crippen molar-refractivity contribution in [3.8, 4) is 0 Å². The summed E-state index contributed by atoms with van der Waals surface area (Å²) in [5, 5.41) is 0. The number of nitrogens with one attached hydrogen (secondary N) is 2. The number of piperazine rings is 1. The van der Waals surface area contributed by atoms with Crippen LogP contribution in [0.15, 0.2) is 24.3 Å². The van der Waals surface area contributed by atoms with E-state index in [2.05, 4.69) is 63.8 Å². The molecule has 3 aliphatic heterocycles. The number of hydrogen-bond acceptors (Lipinski definition) is 5. The highest BCUT2D eigenvalue weighted by Crippen LogP contribution is 2.28. The number of piperidine rings is 1. The Morgan fingerprint density at radius 1 is 0.963 bits per heavy atom. The molecule has 1 aromatic rings. The van der Waals surface area contributed by atoms with Gasteiger partial charge in [0.1, 0.15) is 0 Å². The number of rotatable bonds is 5. The molecule has 0 aromatic heterocycles. The molecule has 5 heteroatoms. The summed E-state index contributed by atoms with van der Waals surface area (Å²) in [5.41, 5.74) is 9.70. The van der Waals surface area contributed by atoms with Crippen LogP contribution in [0, 0.1) is 18.8 Å². The van der Waals surface area contributed by atoms with Crippen LogP contribution >= 0.6 is 0 Å². The lowest BCUT2D eigenvalue weighted by atomic mass is 9.91. The van der Waals surface area contributed by atoms with Crippen molar-refractivity contribution in [3.05, 3.63) is 35.4 Å². The van der Waals surface area contributed by atoms with Gasteiger partial charge in [-0.3, -0.25) is 5.43 Å². The molecule has 0 saturated carbocycles. The van der Waals surface area contributed by atoms with Crippen LogP contribution in [0.2, 0.25) is 0 Å². The van der Waals surface area contributed by atoms with Gasteiger partial charge >= 0.3 is 0 Å². The van der Waals surface area contributed by atoms with Gasteiger partial charge in [0, 0.05) is 58.3 Å². The highest BCUT2D eigenvalue weighted by atomic mass is 15.4. The summed E-state index contributed by atoms with van der Waals surface area (Å²) in [7, 11) is 2.24. The molecule has 3 unspecified atom stereocenters. The Balaban J connectivity index is 1.30. The van der Waals surface area contributed by atoms with Crippen LogP contribution in [0.3, 0.4) is 0 Å². The third-order valence-corrected chi connectivity index (χ3v) is 6.74. The van der Waals surface area contributed by atoms with Gasteiger partial charge in [-0.25, -0.2) is 5.43 Å². The van der Waals surface area contributed by atoms with E-state index in [1.54, 1.807) is 0 Å². The summed E-state index contributed by atoms with van der Waals surface area (Å²) in [6, 6.07) is 9.49. The second-order valence-electron chi connectivity index (χ2n) is 9.05. The lowest BCUT2D eigenvalue weighted by Gasteiger charge is -2.39. The quantitative estimate of drug-likeness (QED) is 0.824. The summed E-state index contributed by atoms with van der Waals surface area (Å²) in [6.07, 6.45) is 2.77. The maximum atomic E-state index is 3.52. The fourth-order valence-corrected chi connectivity index (χ4v) is 5.03. The fraction of sp³-hybridized carbons (Fsp3) is 0.727. The standard InChI is InChI=1S/C22H37N5/c1-18-5-7-20(8-6-18)22-21(14-23-24-22)17-27-9-3-4-19(16-27)15-26-12-10-25(2)11-13-26/h5-8,19,21-24H,3-4,9-17H2,1-2H3. The van der Waals surface area contributed by atoms with E-state index in [4.69, 9.17) is 0 Å². The molecule has 3 aliphatic rings. The monoisotopic (exact) mass is 371 g/mol. The smallest absolute Gasteiger partial charge is 0.0515 e. The number of benzene rings is 1. The van der Waals surface area contributed by atoms with Crippen molar-refractivity contribution in [2.45, 2.75) is 25.8 Å². The van der Waals surface area contributed by atoms with Gasteiger partial charge in [0.25, 0.3) is 0 Å². The molecular formula is C22H37N5. The molecule has 3 fully saturated rings. The minimum atomic E-state index is 0.434. The molecule has 5 nitrogen and oxygen atoms in total. The molecule has 150 valence electrons. The molecule has 0 bridgehead atoms. The van der Waals surface area contributed by atoms with E-state index in [0.717, 1.165) is 12.5 Å². The zero-order valence-corrected chi connectivity index (χ0v) is 17.2. The lowest BCUT2D eigenvalue weighted by molar-refractivity contribution is 0.0921. The highest BCUT2D eigenvalue weighted by Gasteiger charge is 2.31. The highest BCUT2D eigenvalue weighted by molar-refractivity contribution is 5.25. The fourth-order valence-electron chi connectivity index (χ4n) is 5.03. The first-order chi connectivity index (χ1) is 13.2. The van der Waals surface area contributed by atoms with Gasteiger partial charge in [0.05, 0.1) is 6.04 Å². The predicted octanol–water partition coefficient (Wildman–Crippen LogP) is 1.72. The van der Waals surface area contributed by atoms with E-state index in [-0.39, 0.29) is 0 Å². The van der Waals surface area contributed by atoms with Gasteiger partial charge in [0.2, 0.25) is 0 Å². The Hall–Kier alpha value is -0.980. The molecule has 3 heterocycles. The van der Waals surface area contributed by atoms with Crippen LogP contribution in [0.5, 0.6) is 0 Å². The van der Waals surface area contributed by atoms with Crippen LogP contribution in [-0.4, -0.2) is 80.7 Å². The maximum Gasteiger partial charge on any atom is 0.0515 e. The van der Waals surface area contributed by atoms with Crippen LogP contribution in [0.1, 0.15) is 30.0 Å². The van der Waals surface area contributed by atoms with E-state index in [1.807, 2.05) is 0 Å². The van der Waals surface area contributed by atoms with Crippen molar-refractivity contribution in [2.75, 3.05) is 66.0 Å². The topological polar surface area (TPSA) is 33.8 Å². The number of likely N-dealkylation sites (N-methyl/N-ethyl adjacent to an activating group) is 1. The number of hydrazine groups is 1. The van der Waals surface area contributed by atoms with Gasteiger partial charge in [-0.15, -0.1) is 0 Å². The van der Waals surface area contributed by atoms with Crippen LogP contribution in [-0.2, 0) is 0 Å². The summed E-state index contributed by atoms with van der Waals surface area (Å²) in [5.74, 6) is 1.50. The van der Waals surface area contributed by atoms with E-state index in [0.29, 0.717) is 12.0 Å². The minimum absolute atomic E-state index is 0.434. The molecule has 4 rings (SSSR count). The molecule has 0 radical (unpaired) electrons. The first kappa shape index (κ1) is 19.3. The van der Waals surface area contributed by atoms with Crippen molar-refractivity contribution in [1.29, 1.82) is 0 Å². The third-order valence-electron chi connectivity index (χ3n) is 6.74. The molecule has 0 amide bonds. The summed E-state index contributed by atoms with van der Waals surface area (Å²) in [4.78, 5) is 7.89. The summed E-state index contributed by atoms with van der Waals surface area (Å²) >= 11 is 0. The van der Waals surface area contributed by atoms with Crippen molar-refractivity contribution in [2.24, 2.45) is 11.8 Å². The van der Waals surface area contributed by atoms with Crippen molar-refractivity contribution >= 4 is 0 Å². The molecule has 3 saturated heterocycles. The number of aryl methyl sites for hydroxylation is 1. The zero-order valence-electron chi connectivity index (χ0n) is 17.2. The zero-order chi connectivity index (χ0) is 18.6. The maximum absolute atomic E-state index is 3.52. The second-order valence-corrected chi connectivity index (χ2v) is 9.05. The normalized spacial score (nSPS) is 31.4. The molecule has 2 N–H and O–H groups in total. The molecule has 3 atom stereocenters. The Kier molecular flexibility index (Phi) is 6.46. The molecule has 0 aliphatic carbocycles. The Morgan fingerprint density at radius 3 is 2.52 bits per heavy atom. The van der Waals surface area contributed by atoms with Gasteiger partial charge in [-0.2, -0.15) is 0 Å². The first-order valence-electron chi connectivity index (χ1n) is 10.9. The predicted molar refractivity (Wildman–Crippen MR) is 112 cm³/mol. The van der Waals surface area contributed by atoms with E-state index in [1.165, 1.54) is 76.3 Å². The molecule has 27 heavy (non-hydrogen) atoms. The summed E-state index contributed by atoms with van der Waals surface area (Å²) < 4.78 is 0. The van der Waals surface area contributed by atoms with E-state index in [9.17, 15) is 0 Å². The van der Waals surface area contributed by atoms with Crippen LogP contribution in [0.4, 0.5) is 0 Å². The first-order valence-corrected chi connectivity index (χ1v) is 10.9. The Bertz CT molecular complexity index is 581. The summed E-state index contributed by atoms with van der Waals surface area (Å²) in [6.45, 7) is 13.2. The third kappa shape index (κ3) is 5.09. The van der Waals surface area contributed by atoms with Gasteiger partial charge in [-0.1, -0.05) is 29.8 Å². The second kappa shape index (κ2) is 9.01. The molecule has 0 spiro atoms. The van der Waals surface area contributed by atoms with Crippen molar-refractivity contribution < 1.29 is 0 Å². The van der Waals surface area contributed by atoms with Crippen molar-refractivity contribution in [3.63, 3.8) is 0 Å². The van der Waals surface area contributed by atoms with Crippen molar-refractivity contribution in [1.82, 2.24) is 25.6 Å². The number of likely N-dealkylation sites (tertiary alicyclic amines) is 1. The van der Waals surface area contributed by atoms with Crippen LogP contribution in [0.25, 0.3) is 0 Å². The average molecular weight is 372 g/mol. The Labute approximate surface area is 165 Å². The average Bonchev–Trinajstić information content (AvgIpc) is 3.13. The van der Waals surface area contributed by atoms with Crippen LogP contribution < -0.4 is 10.9 Å². The van der Waals surface area contributed by atoms with Gasteiger partial charge in [0.15, 0.2) is 0 Å². The largest absolute Gasteiger partial charge is 0.304 e. The number of nitrogens with zero attached hydrogens (tertiary/aromatic N) is 3. The van der Waals surface area contributed by atoms with E-state index >= 15 is 0 Å². The molecule has 1 aromatic carbocycles. The SMILES string of the molecule is Cc1ccc(C2NNCC2CN2CCCC(CN3CCN(C)CC3)C2)cc1. The lowest BCUT2D eigenvalue weighted by Crippen LogP contribution is -2.49. The van der Waals surface area contributed by atoms with Gasteiger partial charge < -0.3 is 14.7 Å². The number of hydrogen-bond donors (Lipinski definition) is 2.